The molecule has 0 bridgehead atoms. The average Bonchev–Trinajstić information content (AvgIpc) is 3.47. The first-order chi connectivity index (χ1) is 22.8. The Hall–Kier alpha value is -5.02. The van der Waals surface area contributed by atoms with Crippen LogP contribution in [-0.4, -0.2) is 87.8 Å². The summed E-state index contributed by atoms with van der Waals surface area (Å²) in [4.78, 5) is 83.0. The Morgan fingerprint density at radius 3 is 2.50 bits per heavy atom. The zero-order valence-electron chi connectivity index (χ0n) is 25.9. The fourth-order valence-electron chi connectivity index (χ4n) is 5.75. The number of aromatic nitrogens is 1. The average molecular weight is 675 g/mol. The number of fused-ring (bicyclic) bond motifs is 1. The van der Waals surface area contributed by atoms with E-state index in [1.807, 2.05) is 0 Å². The number of amides is 5. The summed E-state index contributed by atoms with van der Waals surface area (Å²) in [7, 11) is 0. The van der Waals surface area contributed by atoms with Crippen molar-refractivity contribution in [2.45, 2.75) is 81.7 Å². The van der Waals surface area contributed by atoms with Crippen LogP contribution in [0.5, 0.6) is 0 Å². The lowest BCUT2D eigenvalue weighted by molar-refractivity contribution is -0.144. The number of rotatable bonds is 7. The maximum absolute atomic E-state index is 14.1. The molecule has 4 atom stereocenters. The summed E-state index contributed by atoms with van der Waals surface area (Å²) < 4.78 is 41.1. The van der Waals surface area contributed by atoms with Crippen molar-refractivity contribution in [1.82, 2.24) is 31.2 Å². The maximum Gasteiger partial charge on any atom is 0.417 e. The predicted octanol–water partition coefficient (Wildman–Crippen LogP) is 1.57. The molecule has 2 fully saturated rings. The van der Waals surface area contributed by atoms with Gasteiger partial charge in [-0.15, -0.1) is 0 Å². The van der Waals surface area contributed by atoms with Crippen LogP contribution in [0.3, 0.4) is 0 Å². The van der Waals surface area contributed by atoms with Gasteiger partial charge in [-0.05, 0) is 62.3 Å². The Bertz CT molecular complexity index is 1510. The van der Waals surface area contributed by atoms with Crippen LogP contribution in [0.2, 0.25) is 0 Å². The van der Waals surface area contributed by atoms with Gasteiger partial charge in [0.15, 0.2) is 0 Å². The molecule has 3 heterocycles. The summed E-state index contributed by atoms with van der Waals surface area (Å²) >= 11 is 0. The standard InChI is InChI=1S/C32H37F3N6O7/c33-32(34,35)22-8-2-1-7-21(22)28(44)39-23-9-3-4-15-37-26(42)13-11-24(31(47)48)40-29(45)25-16-20(18-41(25)30(23)46)38-27(43)12-10-19-6-5-14-36-17-19/h1-2,5-8,14,17,20,23-25H,3-4,9-13,15-16,18H2,(H,37,42)(H,38,43)(H,39,44)(H,40,45)(H,47,48)/t20-,23+,24+,25+/m1/s1. The summed E-state index contributed by atoms with van der Waals surface area (Å²) in [5.74, 6) is -5.02. The van der Waals surface area contributed by atoms with Crippen molar-refractivity contribution in [1.29, 1.82) is 0 Å². The summed E-state index contributed by atoms with van der Waals surface area (Å²) in [5, 5.41) is 19.9. The van der Waals surface area contributed by atoms with Crippen molar-refractivity contribution >= 4 is 35.5 Å². The highest BCUT2D eigenvalue weighted by Crippen LogP contribution is 2.32. The minimum Gasteiger partial charge on any atom is -0.480 e. The summed E-state index contributed by atoms with van der Waals surface area (Å²) in [6.45, 7) is -0.0208. The van der Waals surface area contributed by atoms with Gasteiger partial charge in [0.25, 0.3) is 5.91 Å². The number of hydrogen-bond donors (Lipinski definition) is 5. The molecule has 16 heteroatoms. The van der Waals surface area contributed by atoms with E-state index in [1.165, 1.54) is 6.07 Å². The van der Waals surface area contributed by atoms with Crippen molar-refractivity contribution < 1.29 is 47.0 Å². The maximum atomic E-state index is 14.1. The van der Waals surface area contributed by atoms with Crippen molar-refractivity contribution in [3.63, 3.8) is 0 Å². The molecule has 13 nitrogen and oxygen atoms in total. The van der Waals surface area contributed by atoms with Gasteiger partial charge < -0.3 is 31.3 Å². The molecule has 0 spiro atoms. The molecule has 5 amide bonds. The number of carboxylic acid groups (broad SMARTS) is 1. The number of carbonyl (C=O) groups excluding carboxylic acids is 5. The molecule has 1 aromatic carbocycles. The third kappa shape index (κ3) is 9.75. The van der Waals surface area contributed by atoms with Crippen molar-refractivity contribution in [2.24, 2.45) is 0 Å². The molecule has 4 rings (SSSR count). The largest absolute Gasteiger partial charge is 0.480 e. The molecule has 0 unspecified atom stereocenters. The first-order valence-corrected chi connectivity index (χ1v) is 15.6. The minimum absolute atomic E-state index is 0.0423. The lowest BCUT2D eigenvalue weighted by atomic mass is 10.0. The molecule has 48 heavy (non-hydrogen) atoms. The number of nitrogens with one attached hydrogen (secondary N) is 4. The van der Waals surface area contributed by atoms with E-state index in [1.54, 1.807) is 24.5 Å². The van der Waals surface area contributed by atoms with Crippen molar-refractivity contribution in [3.8, 4) is 0 Å². The van der Waals surface area contributed by atoms with Crippen LogP contribution in [0.1, 0.15) is 66.4 Å². The van der Waals surface area contributed by atoms with Crippen LogP contribution in [0.15, 0.2) is 48.8 Å². The van der Waals surface area contributed by atoms with Gasteiger partial charge in [-0.25, -0.2) is 4.79 Å². The Kier molecular flexibility index (Phi) is 12.1. The third-order valence-corrected chi connectivity index (χ3v) is 8.21. The van der Waals surface area contributed by atoms with Crippen LogP contribution in [-0.2, 0) is 36.6 Å². The number of benzene rings is 1. The van der Waals surface area contributed by atoms with Crippen LogP contribution in [0.4, 0.5) is 13.2 Å². The topological polar surface area (TPSA) is 187 Å². The van der Waals surface area contributed by atoms with Crippen LogP contribution < -0.4 is 21.3 Å². The molecule has 0 aliphatic carbocycles. The molecule has 0 saturated carbocycles. The zero-order valence-corrected chi connectivity index (χ0v) is 25.9. The van der Waals surface area contributed by atoms with Gasteiger partial charge in [-0.3, -0.25) is 29.0 Å². The number of alkyl halides is 3. The highest BCUT2D eigenvalue weighted by molar-refractivity contribution is 6.00. The molecular weight excluding hydrogens is 637 g/mol. The fraction of sp³-hybridized carbons (Fsp3) is 0.469. The first kappa shape index (κ1) is 35.8. The number of carbonyl (C=O) groups is 6. The number of nitrogens with zero attached hydrogens (tertiary/aromatic N) is 2. The monoisotopic (exact) mass is 674 g/mol. The van der Waals surface area contributed by atoms with Gasteiger partial charge in [-0.1, -0.05) is 18.2 Å². The van der Waals surface area contributed by atoms with E-state index in [-0.39, 0.29) is 57.5 Å². The normalized spacial score (nSPS) is 22.7. The van der Waals surface area contributed by atoms with E-state index in [2.05, 4.69) is 26.3 Å². The lowest BCUT2D eigenvalue weighted by Gasteiger charge is -2.29. The number of hydrogen-bond acceptors (Lipinski definition) is 7. The van der Waals surface area contributed by atoms with Crippen molar-refractivity contribution in [2.75, 3.05) is 13.1 Å². The molecule has 1 aromatic heterocycles. The van der Waals surface area contributed by atoms with Gasteiger partial charge in [0.05, 0.1) is 11.1 Å². The summed E-state index contributed by atoms with van der Waals surface area (Å²) in [6.07, 6.45) is -1.15. The summed E-state index contributed by atoms with van der Waals surface area (Å²) in [5.41, 5.74) is -1.07. The molecule has 258 valence electrons. The van der Waals surface area contributed by atoms with Gasteiger partial charge in [-0.2, -0.15) is 13.2 Å². The Morgan fingerprint density at radius 1 is 1.02 bits per heavy atom. The first-order valence-electron chi connectivity index (χ1n) is 15.6. The quantitative estimate of drug-likeness (QED) is 0.293. The smallest absolute Gasteiger partial charge is 0.417 e. The third-order valence-electron chi connectivity index (χ3n) is 8.21. The summed E-state index contributed by atoms with van der Waals surface area (Å²) in [6, 6.07) is 2.78. The number of halogens is 3. The van der Waals surface area contributed by atoms with Crippen LogP contribution in [0, 0.1) is 0 Å². The van der Waals surface area contributed by atoms with E-state index >= 15 is 0 Å². The van der Waals surface area contributed by atoms with Gasteiger partial charge in [0.1, 0.15) is 18.1 Å². The molecule has 5 N–H and O–H groups in total. The second-order valence-corrected chi connectivity index (χ2v) is 11.7. The minimum atomic E-state index is -4.85. The molecular formula is C32H37F3N6O7. The van der Waals surface area contributed by atoms with Crippen molar-refractivity contribution in [3.05, 3.63) is 65.5 Å². The predicted molar refractivity (Wildman–Crippen MR) is 163 cm³/mol. The van der Waals surface area contributed by atoms with Gasteiger partial charge in [0, 0.05) is 44.4 Å². The highest BCUT2D eigenvalue weighted by atomic mass is 19.4. The Balaban J connectivity index is 1.59. The fourth-order valence-corrected chi connectivity index (χ4v) is 5.75. The van der Waals surface area contributed by atoms with E-state index < -0.39 is 71.1 Å². The zero-order chi connectivity index (χ0) is 34.8. The van der Waals surface area contributed by atoms with E-state index in [4.69, 9.17) is 0 Å². The Labute approximate surface area is 274 Å². The highest BCUT2D eigenvalue weighted by Gasteiger charge is 2.44. The number of aryl methyl sites for hydroxylation is 1. The molecule has 2 aliphatic heterocycles. The number of pyridine rings is 1. The van der Waals surface area contributed by atoms with Gasteiger partial charge >= 0.3 is 12.1 Å². The second-order valence-electron chi connectivity index (χ2n) is 11.7. The van der Waals surface area contributed by atoms with Gasteiger partial charge in [0.2, 0.25) is 23.6 Å². The van der Waals surface area contributed by atoms with Crippen LogP contribution in [0.25, 0.3) is 0 Å². The molecule has 0 radical (unpaired) electrons. The second kappa shape index (κ2) is 16.2. The van der Waals surface area contributed by atoms with Crippen LogP contribution >= 0.6 is 0 Å². The van der Waals surface area contributed by atoms with E-state index in [0.29, 0.717) is 12.8 Å². The number of carboxylic acids is 1. The molecule has 2 saturated heterocycles. The SMILES string of the molecule is O=C1CC[C@@H](C(=O)O)NC(=O)[C@@H]2C[C@@H](NC(=O)CCc3cccnc3)CN2C(=O)[C@@H](NC(=O)c2ccccc2C(F)(F)F)CCCCN1. The molecule has 2 aliphatic rings. The molecule has 2 aromatic rings. The Morgan fingerprint density at radius 2 is 1.79 bits per heavy atom. The lowest BCUT2D eigenvalue weighted by Crippen LogP contribution is -2.55. The number of aliphatic carboxylic acids is 1. The van der Waals surface area contributed by atoms with E-state index in [0.717, 1.165) is 28.7 Å². The van der Waals surface area contributed by atoms with E-state index in [9.17, 15) is 47.0 Å².